The van der Waals surface area contributed by atoms with Crippen LogP contribution in [0.1, 0.15) is 29.6 Å². The zero-order chi connectivity index (χ0) is 18.2. The summed E-state index contributed by atoms with van der Waals surface area (Å²) < 4.78 is 49.7. The summed E-state index contributed by atoms with van der Waals surface area (Å²) in [6.45, 7) is 1.64. The quantitative estimate of drug-likeness (QED) is 0.761. The molecule has 1 aromatic rings. The maximum absolute atomic E-state index is 12.5. The second-order valence-corrected chi connectivity index (χ2v) is 10.9. The van der Waals surface area contributed by atoms with Gasteiger partial charge in [-0.3, -0.25) is 4.79 Å². The molecule has 7 nitrogen and oxygen atoms in total. The topological polar surface area (TPSA) is 91.8 Å². The molecule has 25 heavy (non-hydrogen) atoms. The van der Waals surface area contributed by atoms with E-state index in [9.17, 15) is 21.6 Å². The van der Waals surface area contributed by atoms with Gasteiger partial charge in [0.15, 0.2) is 9.84 Å². The monoisotopic (exact) mass is 386 g/mol. The maximum Gasteiger partial charge on any atom is 0.253 e. The van der Waals surface area contributed by atoms with E-state index in [4.69, 9.17) is 0 Å². The SMILES string of the molecule is CS(=O)(=O)C1CCN(C(=O)c2ccc(S(=O)(=O)N3CCCC3)cc2)C1. The van der Waals surface area contributed by atoms with Gasteiger partial charge in [0.25, 0.3) is 5.91 Å². The van der Waals surface area contributed by atoms with Crippen LogP contribution in [0.15, 0.2) is 29.2 Å². The van der Waals surface area contributed by atoms with Crippen molar-refractivity contribution in [3.8, 4) is 0 Å². The Morgan fingerprint density at radius 2 is 1.60 bits per heavy atom. The van der Waals surface area contributed by atoms with Crippen LogP contribution in [0.2, 0.25) is 0 Å². The number of hydrogen-bond donors (Lipinski definition) is 0. The van der Waals surface area contributed by atoms with Crippen molar-refractivity contribution in [3.05, 3.63) is 29.8 Å². The molecule has 2 heterocycles. The Bertz CT molecular complexity index is 856. The van der Waals surface area contributed by atoms with Crippen LogP contribution in [0.5, 0.6) is 0 Å². The van der Waals surface area contributed by atoms with Gasteiger partial charge in [0, 0.05) is 38.0 Å². The zero-order valence-corrected chi connectivity index (χ0v) is 15.7. The number of benzene rings is 1. The number of sulfone groups is 1. The van der Waals surface area contributed by atoms with Gasteiger partial charge < -0.3 is 4.90 Å². The molecule has 0 N–H and O–H groups in total. The number of sulfonamides is 1. The summed E-state index contributed by atoms with van der Waals surface area (Å²) in [5, 5.41) is -0.522. The van der Waals surface area contributed by atoms with Crippen molar-refractivity contribution in [1.29, 1.82) is 0 Å². The molecule has 1 amide bonds. The molecule has 0 bridgehead atoms. The summed E-state index contributed by atoms with van der Waals surface area (Å²) >= 11 is 0. The minimum absolute atomic E-state index is 0.182. The largest absolute Gasteiger partial charge is 0.337 e. The van der Waals surface area contributed by atoms with E-state index in [-0.39, 0.29) is 17.3 Å². The smallest absolute Gasteiger partial charge is 0.253 e. The third-order valence-electron chi connectivity index (χ3n) is 4.84. The first-order valence-electron chi connectivity index (χ1n) is 8.28. The predicted octanol–water partition coefficient (Wildman–Crippen LogP) is 0.730. The summed E-state index contributed by atoms with van der Waals surface area (Å²) in [6, 6.07) is 5.90. The lowest BCUT2D eigenvalue weighted by Gasteiger charge is -2.18. The highest BCUT2D eigenvalue weighted by molar-refractivity contribution is 7.91. The predicted molar refractivity (Wildman–Crippen MR) is 93.6 cm³/mol. The number of amides is 1. The molecule has 9 heteroatoms. The van der Waals surface area contributed by atoms with Crippen molar-refractivity contribution in [2.45, 2.75) is 29.4 Å². The first-order chi connectivity index (χ1) is 11.7. The molecule has 3 rings (SSSR count). The number of nitrogens with zero attached hydrogens (tertiary/aromatic N) is 2. The standard InChI is InChI=1S/C16H22N2O5S2/c1-24(20,21)15-8-11-17(12-15)16(19)13-4-6-14(7-5-13)25(22,23)18-9-2-3-10-18/h4-7,15H,2-3,8-12H2,1H3. The average Bonchev–Trinajstić information content (AvgIpc) is 3.25. The zero-order valence-electron chi connectivity index (χ0n) is 14.1. The van der Waals surface area contributed by atoms with Gasteiger partial charge in [0.2, 0.25) is 10.0 Å². The Kier molecular flexibility index (Phi) is 4.91. The second-order valence-electron chi connectivity index (χ2n) is 6.63. The Balaban J connectivity index is 1.73. The molecule has 2 aliphatic heterocycles. The van der Waals surface area contributed by atoms with Gasteiger partial charge >= 0.3 is 0 Å². The fraction of sp³-hybridized carbons (Fsp3) is 0.562. The van der Waals surface area contributed by atoms with E-state index < -0.39 is 25.1 Å². The van der Waals surface area contributed by atoms with E-state index in [0.717, 1.165) is 12.8 Å². The molecular weight excluding hydrogens is 364 g/mol. The van der Waals surface area contributed by atoms with Crippen LogP contribution in [0.3, 0.4) is 0 Å². The molecule has 1 atom stereocenters. The molecule has 2 aliphatic rings. The van der Waals surface area contributed by atoms with Crippen LogP contribution in [0, 0.1) is 0 Å². The summed E-state index contributed by atoms with van der Waals surface area (Å²) in [7, 11) is -6.66. The molecule has 0 aliphatic carbocycles. The first kappa shape index (κ1) is 18.3. The Labute approximate surface area is 148 Å². The highest BCUT2D eigenvalue weighted by atomic mass is 32.2. The number of carbonyl (C=O) groups excluding carboxylic acids is 1. The number of rotatable bonds is 4. The van der Waals surface area contributed by atoms with Crippen LogP contribution < -0.4 is 0 Å². The Morgan fingerprint density at radius 1 is 1.00 bits per heavy atom. The molecule has 1 aromatic carbocycles. The summed E-state index contributed by atoms with van der Waals surface area (Å²) in [5.41, 5.74) is 0.370. The van der Waals surface area contributed by atoms with Crippen molar-refractivity contribution in [2.75, 3.05) is 32.4 Å². The first-order valence-corrected chi connectivity index (χ1v) is 11.7. The highest BCUT2D eigenvalue weighted by Gasteiger charge is 2.33. The molecule has 0 saturated carbocycles. The number of carbonyl (C=O) groups is 1. The lowest BCUT2D eigenvalue weighted by atomic mass is 10.2. The highest BCUT2D eigenvalue weighted by Crippen LogP contribution is 2.23. The van der Waals surface area contributed by atoms with E-state index in [0.29, 0.717) is 31.6 Å². The van der Waals surface area contributed by atoms with Crippen molar-refractivity contribution >= 4 is 25.8 Å². The van der Waals surface area contributed by atoms with Crippen molar-refractivity contribution in [2.24, 2.45) is 0 Å². The summed E-state index contributed by atoms with van der Waals surface area (Å²) in [5.74, 6) is -0.267. The molecule has 2 fully saturated rings. The van der Waals surface area contributed by atoms with Crippen LogP contribution in [-0.2, 0) is 19.9 Å². The third-order valence-corrected chi connectivity index (χ3v) is 8.35. The lowest BCUT2D eigenvalue weighted by molar-refractivity contribution is 0.0793. The van der Waals surface area contributed by atoms with Crippen molar-refractivity contribution in [1.82, 2.24) is 9.21 Å². The summed E-state index contributed by atoms with van der Waals surface area (Å²) in [4.78, 5) is 14.2. The number of likely N-dealkylation sites (tertiary alicyclic amines) is 1. The lowest BCUT2D eigenvalue weighted by Crippen LogP contribution is -2.31. The van der Waals surface area contributed by atoms with Gasteiger partial charge in [-0.15, -0.1) is 0 Å². The van der Waals surface area contributed by atoms with Crippen LogP contribution in [0.4, 0.5) is 0 Å². The Hall–Kier alpha value is -1.45. The van der Waals surface area contributed by atoms with E-state index >= 15 is 0 Å². The van der Waals surface area contributed by atoms with Gasteiger partial charge in [0.05, 0.1) is 10.1 Å². The molecule has 2 saturated heterocycles. The third kappa shape index (κ3) is 3.73. The second kappa shape index (κ2) is 6.69. The molecule has 0 spiro atoms. The molecule has 0 radical (unpaired) electrons. The van der Waals surface area contributed by atoms with E-state index in [1.165, 1.54) is 39.7 Å². The van der Waals surface area contributed by atoms with E-state index in [2.05, 4.69) is 0 Å². The minimum Gasteiger partial charge on any atom is -0.337 e. The summed E-state index contributed by atoms with van der Waals surface area (Å²) in [6.07, 6.45) is 3.36. The minimum atomic E-state index is -3.50. The van der Waals surface area contributed by atoms with Crippen LogP contribution in [-0.4, -0.2) is 69.6 Å². The maximum atomic E-state index is 12.5. The van der Waals surface area contributed by atoms with Gasteiger partial charge in [-0.2, -0.15) is 4.31 Å². The van der Waals surface area contributed by atoms with Crippen molar-refractivity contribution < 1.29 is 21.6 Å². The van der Waals surface area contributed by atoms with Gasteiger partial charge in [0.1, 0.15) is 0 Å². The molecule has 1 unspecified atom stereocenters. The fourth-order valence-electron chi connectivity index (χ4n) is 3.29. The van der Waals surface area contributed by atoms with Gasteiger partial charge in [-0.1, -0.05) is 0 Å². The van der Waals surface area contributed by atoms with Gasteiger partial charge in [-0.05, 0) is 43.5 Å². The molecular formula is C16H22N2O5S2. The van der Waals surface area contributed by atoms with Crippen molar-refractivity contribution in [3.63, 3.8) is 0 Å². The normalized spacial score (nSPS) is 22.4. The van der Waals surface area contributed by atoms with Crippen LogP contribution >= 0.6 is 0 Å². The van der Waals surface area contributed by atoms with E-state index in [1.54, 1.807) is 0 Å². The fourth-order valence-corrected chi connectivity index (χ4v) is 5.79. The van der Waals surface area contributed by atoms with E-state index in [1.807, 2.05) is 0 Å². The number of hydrogen-bond acceptors (Lipinski definition) is 5. The molecule has 138 valence electrons. The van der Waals surface area contributed by atoms with Crippen LogP contribution in [0.25, 0.3) is 0 Å². The molecule has 0 aromatic heterocycles. The Morgan fingerprint density at radius 3 is 2.12 bits per heavy atom. The van der Waals surface area contributed by atoms with Gasteiger partial charge in [-0.25, -0.2) is 16.8 Å². The average molecular weight is 386 g/mol.